The third-order valence-corrected chi connectivity index (χ3v) is 4.32. The molecule has 1 aromatic rings. The van der Waals surface area contributed by atoms with Gasteiger partial charge < -0.3 is 4.74 Å². The summed E-state index contributed by atoms with van der Waals surface area (Å²) in [5.74, 6) is 0.636. The minimum atomic E-state index is -3.40. The quantitative estimate of drug-likeness (QED) is 0.837. The Hall–Kier alpha value is -1.14. The maximum Gasteiger partial charge on any atom is 0.211 e. The molecule has 0 saturated heterocycles. The van der Waals surface area contributed by atoms with Crippen molar-refractivity contribution in [3.63, 3.8) is 0 Å². The summed E-state index contributed by atoms with van der Waals surface area (Å²) in [5.41, 5.74) is -1.35. The lowest BCUT2D eigenvalue weighted by atomic mass is 9.98. The average molecular weight is 289 g/mol. The number of alkyl halides is 1. The van der Waals surface area contributed by atoms with E-state index in [-0.39, 0.29) is 12.3 Å². The van der Waals surface area contributed by atoms with Crippen LogP contribution in [0.25, 0.3) is 0 Å². The van der Waals surface area contributed by atoms with E-state index in [0.29, 0.717) is 17.7 Å². The van der Waals surface area contributed by atoms with Crippen molar-refractivity contribution >= 4 is 10.0 Å². The molecule has 0 radical (unpaired) electrons. The highest BCUT2D eigenvalue weighted by atomic mass is 32.2. The summed E-state index contributed by atoms with van der Waals surface area (Å²) in [5, 5.41) is 0. The first kappa shape index (κ1) is 15.9. The van der Waals surface area contributed by atoms with Crippen molar-refractivity contribution < 1.29 is 17.5 Å². The lowest BCUT2D eigenvalue weighted by Crippen LogP contribution is -2.36. The molecule has 0 spiro atoms. The normalized spacial score (nSPS) is 14.9. The number of benzene rings is 1. The van der Waals surface area contributed by atoms with Crippen molar-refractivity contribution in [1.82, 2.24) is 4.72 Å². The topological polar surface area (TPSA) is 55.4 Å². The van der Waals surface area contributed by atoms with E-state index in [1.807, 2.05) is 0 Å². The number of sulfonamides is 1. The number of hydrogen-bond donors (Lipinski definition) is 1. The van der Waals surface area contributed by atoms with Crippen LogP contribution in [0.1, 0.15) is 25.8 Å². The number of halogens is 1. The highest BCUT2D eigenvalue weighted by Crippen LogP contribution is 2.26. The Bertz CT molecular complexity index is 497. The molecule has 4 nitrogen and oxygen atoms in total. The van der Waals surface area contributed by atoms with Crippen LogP contribution in [0, 0.1) is 0 Å². The van der Waals surface area contributed by atoms with Crippen LogP contribution >= 0.6 is 0 Å². The van der Waals surface area contributed by atoms with E-state index in [0.717, 1.165) is 0 Å². The highest BCUT2D eigenvalue weighted by molar-refractivity contribution is 7.89. The monoisotopic (exact) mass is 289 g/mol. The van der Waals surface area contributed by atoms with E-state index in [2.05, 4.69) is 4.72 Å². The Labute approximate surface area is 114 Å². The molecule has 0 saturated carbocycles. The summed E-state index contributed by atoms with van der Waals surface area (Å²) in [6.07, 6.45) is 0.501. The van der Waals surface area contributed by atoms with Gasteiger partial charge in [-0.25, -0.2) is 17.5 Å². The largest absolute Gasteiger partial charge is 0.497 e. The van der Waals surface area contributed by atoms with E-state index >= 15 is 0 Å². The van der Waals surface area contributed by atoms with Crippen molar-refractivity contribution in [2.45, 2.75) is 25.9 Å². The Morgan fingerprint density at radius 2 is 1.89 bits per heavy atom. The molecule has 1 unspecified atom stereocenters. The van der Waals surface area contributed by atoms with Gasteiger partial charge in [0.2, 0.25) is 10.0 Å². The number of rotatable bonds is 7. The maximum absolute atomic E-state index is 14.5. The van der Waals surface area contributed by atoms with Crippen molar-refractivity contribution in [2.75, 3.05) is 19.4 Å². The Balaban J connectivity index is 2.74. The van der Waals surface area contributed by atoms with Crippen LogP contribution in [0.2, 0.25) is 0 Å². The molecule has 1 N–H and O–H groups in total. The first-order valence-corrected chi connectivity index (χ1v) is 7.77. The van der Waals surface area contributed by atoms with Gasteiger partial charge in [0.15, 0.2) is 0 Å². The molecule has 0 bridgehead atoms. The van der Waals surface area contributed by atoms with E-state index in [1.54, 1.807) is 31.2 Å². The molecule has 108 valence electrons. The van der Waals surface area contributed by atoms with Gasteiger partial charge in [0.05, 0.1) is 12.9 Å². The molecular formula is C13H20FNO3S. The van der Waals surface area contributed by atoms with Crippen LogP contribution in [-0.2, 0) is 15.7 Å². The van der Waals surface area contributed by atoms with E-state index in [9.17, 15) is 12.8 Å². The fraction of sp³-hybridized carbons (Fsp3) is 0.538. The minimum Gasteiger partial charge on any atom is -0.497 e. The Morgan fingerprint density at radius 3 is 2.37 bits per heavy atom. The SMILES string of the molecule is CCCS(=O)(=O)NCC(C)(F)c1ccc(OC)cc1. The molecule has 0 aliphatic heterocycles. The van der Waals surface area contributed by atoms with Crippen LogP contribution in [0.15, 0.2) is 24.3 Å². The Kier molecular flexibility index (Phi) is 5.31. The molecule has 1 aromatic carbocycles. The lowest BCUT2D eigenvalue weighted by Gasteiger charge is -2.21. The Morgan fingerprint density at radius 1 is 1.32 bits per heavy atom. The molecule has 0 aliphatic carbocycles. The zero-order valence-electron chi connectivity index (χ0n) is 11.4. The van der Waals surface area contributed by atoms with Gasteiger partial charge in [0.1, 0.15) is 11.4 Å². The van der Waals surface area contributed by atoms with Gasteiger partial charge in [-0.3, -0.25) is 0 Å². The third kappa shape index (κ3) is 4.80. The van der Waals surface area contributed by atoms with Crippen LogP contribution < -0.4 is 9.46 Å². The minimum absolute atomic E-state index is 0.00565. The second-order valence-corrected chi connectivity index (χ2v) is 6.49. The van der Waals surface area contributed by atoms with Crippen molar-refractivity contribution in [1.29, 1.82) is 0 Å². The maximum atomic E-state index is 14.5. The first-order chi connectivity index (χ1) is 8.80. The molecule has 0 aliphatic rings. The lowest BCUT2D eigenvalue weighted by molar-refractivity contribution is 0.196. The third-order valence-electron chi connectivity index (χ3n) is 2.79. The summed E-state index contributed by atoms with van der Waals surface area (Å²) in [4.78, 5) is 0. The molecule has 6 heteroatoms. The van der Waals surface area contributed by atoms with Gasteiger partial charge in [-0.1, -0.05) is 19.1 Å². The number of nitrogens with one attached hydrogen (secondary N) is 1. The summed E-state index contributed by atoms with van der Waals surface area (Å²) in [6.45, 7) is 2.84. The van der Waals surface area contributed by atoms with Crippen LogP contribution in [-0.4, -0.2) is 27.8 Å². The van der Waals surface area contributed by atoms with E-state index in [4.69, 9.17) is 4.74 Å². The van der Waals surface area contributed by atoms with Crippen LogP contribution in [0.3, 0.4) is 0 Å². The van der Waals surface area contributed by atoms with E-state index in [1.165, 1.54) is 14.0 Å². The molecule has 0 heterocycles. The average Bonchev–Trinajstić information content (AvgIpc) is 2.37. The van der Waals surface area contributed by atoms with Gasteiger partial charge in [-0.15, -0.1) is 0 Å². The van der Waals surface area contributed by atoms with Gasteiger partial charge in [-0.05, 0) is 31.0 Å². The summed E-state index contributed by atoms with van der Waals surface area (Å²) in [7, 11) is -1.87. The first-order valence-electron chi connectivity index (χ1n) is 6.11. The molecule has 0 fully saturated rings. The van der Waals surface area contributed by atoms with Gasteiger partial charge >= 0.3 is 0 Å². The predicted octanol–water partition coefficient (Wildman–Crippen LogP) is 2.21. The van der Waals surface area contributed by atoms with Crippen molar-refractivity contribution in [3.05, 3.63) is 29.8 Å². The number of hydrogen-bond acceptors (Lipinski definition) is 3. The van der Waals surface area contributed by atoms with Crippen LogP contribution in [0.4, 0.5) is 4.39 Å². The van der Waals surface area contributed by atoms with Crippen molar-refractivity contribution in [3.8, 4) is 5.75 Å². The zero-order chi connectivity index (χ0) is 14.5. The second kappa shape index (κ2) is 6.34. The van der Waals surface area contributed by atoms with Gasteiger partial charge in [-0.2, -0.15) is 0 Å². The summed E-state index contributed by atoms with van der Waals surface area (Å²) >= 11 is 0. The zero-order valence-corrected chi connectivity index (χ0v) is 12.3. The smallest absolute Gasteiger partial charge is 0.211 e. The predicted molar refractivity (Wildman–Crippen MR) is 73.5 cm³/mol. The molecule has 0 aromatic heterocycles. The number of ether oxygens (including phenoxy) is 1. The highest BCUT2D eigenvalue weighted by Gasteiger charge is 2.27. The van der Waals surface area contributed by atoms with E-state index < -0.39 is 15.7 Å². The molecule has 19 heavy (non-hydrogen) atoms. The van der Waals surface area contributed by atoms with Gasteiger partial charge in [0.25, 0.3) is 0 Å². The molecule has 1 rings (SSSR count). The summed E-state index contributed by atoms with van der Waals surface area (Å²) < 4.78 is 44.8. The fourth-order valence-electron chi connectivity index (χ4n) is 1.63. The molecular weight excluding hydrogens is 269 g/mol. The molecule has 1 atom stereocenters. The van der Waals surface area contributed by atoms with Gasteiger partial charge in [0, 0.05) is 6.54 Å². The summed E-state index contributed by atoms with van der Waals surface area (Å²) in [6, 6.07) is 6.47. The number of methoxy groups -OCH3 is 1. The van der Waals surface area contributed by atoms with Crippen LogP contribution in [0.5, 0.6) is 5.75 Å². The molecule has 0 amide bonds. The standard InChI is InChI=1S/C13H20FNO3S/c1-4-9-19(16,17)15-10-13(2,14)11-5-7-12(18-3)8-6-11/h5-8,15H,4,9-10H2,1-3H3. The second-order valence-electron chi connectivity index (χ2n) is 4.57. The fourth-order valence-corrected chi connectivity index (χ4v) is 2.80. The van der Waals surface area contributed by atoms with Crippen molar-refractivity contribution in [2.24, 2.45) is 0 Å².